The summed E-state index contributed by atoms with van der Waals surface area (Å²) in [6, 6.07) is 8.46. The number of sulfonamides is 1. The summed E-state index contributed by atoms with van der Waals surface area (Å²) in [6.45, 7) is 2.74. The van der Waals surface area contributed by atoms with E-state index in [4.69, 9.17) is 4.74 Å². The number of benzene rings is 1. The van der Waals surface area contributed by atoms with E-state index in [1.165, 1.54) is 19.2 Å². The summed E-state index contributed by atoms with van der Waals surface area (Å²) in [5.41, 5.74) is 0.709. The van der Waals surface area contributed by atoms with Gasteiger partial charge in [0, 0.05) is 51.3 Å². The number of hydrogen-bond acceptors (Lipinski definition) is 6. The first-order valence-electron chi connectivity index (χ1n) is 10.3. The summed E-state index contributed by atoms with van der Waals surface area (Å²) in [7, 11) is -0.593. The second kappa shape index (κ2) is 11.7. The van der Waals surface area contributed by atoms with E-state index in [9.17, 15) is 23.3 Å². The fourth-order valence-electron chi connectivity index (χ4n) is 3.11. The van der Waals surface area contributed by atoms with Crippen molar-refractivity contribution in [3.05, 3.63) is 58.4 Å². The van der Waals surface area contributed by atoms with Crippen LogP contribution in [0, 0.1) is 10.1 Å². The molecular formula is C21H30N4O6S. The number of nitro benzene ring substituents is 1. The summed E-state index contributed by atoms with van der Waals surface area (Å²) in [4.78, 5) is 24.9. The van der Waals surface area contributed by atoms with Gasteiger partial charge in [0.25, 0.3) is 5.69 Å². The van der Waals surface area contributed by atoms with Crippen LogP contribution in [0.25, 0.3) is 0 Å². The number of carbonyl (C=O) groups is 1. The topological polar surface area (TPSA) is 115 Å². The summed E-state index contributed by atoms with van der Waals surface area (Å²) in [5, 5.41) is 10.9. The monoisotopic (exact) mass is 466 g/mol. The van der Waals surface area contributed by atoms with Gasteiger partial charge in [0.05, 0.1) is 29.5 Å². The number of aromatic nitrogens is 1. The molecular weight excluding hydrogens is 436 g/mol. The lowest BCUT2D eigenvalue weighted by atomic mass is 10.3. The van der Waals surface area contributed by atoms with E-state index in [-0.39, 0.29) is 29.6 Å². The van der Waals surface area contributed by atoms with Gasteiger partial charge in [-0.05, 0) is 30.7 Å². The highest BCUT2D eigenvalue weighted by Gasteiger charge is 2.28. The zero-order valence-corrected chi connectivity index (χ0v) is 19.5. The minimum absolute atomic E-state index is 0.0853. The van der Waals surface area contributed by atoms with E-state index >= 15 is 0 Å². The number of unbranched alkanes of at least 4 members (excludes halogenated alkanes) is 1. The fraction of sp³-hybridized carbons (Fsp3) is 0.476. The minimum Gasteiger partial charge on any atom is -0.383 e. The van der Waals surface area contributed by atoms with Gasteiger partial charge in [0.2, 0.25) is 15.9 Å². The molecule has 0 fully saturated rings. The van der Waals surface area contributed by atoms with Crippen molar-refractivity contribution in [2.45, 2.75) is 31.2 Å². The molecule has 0 aliphatic carbocycles. The van der Waals surface area contributed by atoms with Gasteiger partial charge in [-0.15, -0.1) is 0 Å². The Morgan fingerprint density at radius 1 is 1.19 bits per heavy atom. The van der Waals surface area contributed by atoms with Gasteiger partial charge in [0.15, 0.2) is 0 Å². The van der Waals surface area contributed by atoms with Crippen LogP contribution in [-0.4, -0.2) is 66.4 Å². The van der Waals surface area contributed by atoms with Gasteiger partial charge in [-0.25, -0.2) is 8.42 Å². The zero-order chi connectivity index (χ0) is 23.7. The molecule has 176 valence electrons. The van der Waals surface area contributed by atoms with Crippen molar-refractivity contribution < 1.29 is 22.9 Å². The van der Waals surface area contributed by atoms with Gasteiger partial charge < -0.3 is 14.2 Å². The van der Waals surface area contributed by atoms with E-state index in [2.05, 4.69) is 0 Å². The van der Waals surface area contributed by atoms with Crippen LogP contribution in [0.1, 0.15) is 25.5 Å². The number of carbonyl (C=O) groups excluding carboxylic acids is 1. The Kier molecular flexibility index (Phi) is 9.36. The SMILES string of the molecule is CCCCN(CC(=O)N(CCOC)Cc1cccn1C)S(=O)(=O)c1ccc([N+](=O)[O-])cc1. The molecule has 32 heavy (non-hydrogen) atoms. The molecule has 0 bridgehead atoms. The highest BCUT2D eigenvalue weighted by atomic mass is 32.2. The Balaban J connectivity index is 2.26. The first-order valence-corrected chi connectivity index (χ1v) is 11.8. The van der Waals surface area contributed by atoms with Gasteiger partial charge >= 0.3 is 0 Å². The predicted molar refractivity (Wildman–Crippen MR) is 119 cm³/mol. The largest absolute Gasteiger partial charge is 0.383 e. The molecule has 0 aliphatic rings. The maximum Gasteiger partial charge on any atom is 0.269 e. The maximum atomic E-state index is 13.2. The molecule has 0 atom stereocenters. The van der Waals surface area contributed by atoms with Crippen molar-refractivity contribution in [2.24, 2.45) is 7.05 Å². The quantitative estimate of drug-likeness (QED) is 0.331. The van der Waals surface area contributed by atoms with Crippen molar-refractivity contribution in [3.8, 4) is 0 Å². The Bertz CT molecular complexity index is 1000. The minimum atomic E-state index is -4.01. The molecule has 10 nitrogen and oxygen atoms in total. The zero-order valence-electron chi connectivity index (χ0n) is 18.6. The molecule has 0 radical (unpaired) electrons. The lowest BCUT2D eigenvalue weighted by molar-refractivity contribution is -0.384. The van der Waals surface area contributed by atoms with Gasteiger partial charge in [0.1, 0.15) is 0 Å². The Labute approximate surface area is 188 Å². The summed E-state index contributed by atoms with van der Waals surface area (Å²) in [6.07, 6.45) is 3.20. The lowest BCUT2D eigenvalue weighted by Gasteiger charge is -2.27. The highest BCUT2D eigenvalue weighted by molar-refractivity contribution is 7.89. The molecule has 0 spiro atoms. The number of ether oxygens (including phenoxy) is 1. The fourth-order valence-corrected chi connectivity index (χ4v) is 4.54. The standard InChI is InChI=1S/C21H30N4O6S/c1-4-5-13-24(32(29,30)20-10-8-18(9-11-20)25(27)28)17-21(26)23(14-15-31-3)16-19-7-6-12-22(19)2/h6-12H,4-5,13-17H2,1-3H3. The molecule has 0 aliphatic heterocycles. The van der Waals surface area contributed by atoms with Crippen LogP contribution in [0.2, 0.25) is 0 Å². The van der Waals surface area contributed by atoms with Crippen molar-refractivity contribution in [3.63, 3.8) is 0 Å². The van der Waals surface area contributed by atoms with Crippen molar-refractivity contribution in [1.82, 2.24) is 13.8 Å². The molecule has 0 saturated carbocycles. The van der Waals surface area contributed by atoms with Crippen LogP contribution in [0.5, 0.6) is 0 Å². The normalized spacial score (nSPS) is 11.6. The maximum absolute atomic E-state index is 13.2. The Morgan fingerprint density at radius 2 is 1.88 bits per heavy atom. The summed E-state index contributed by atoms with van der Waals surface area (Å²) < 4.78 is 34.6. The molecule has 1 aromatic carbocycles. The van der Waals surface area contributed by atoms with Crippen LogP contribution in [0.15, 0.2) is 47.5 Å². The molecule has 0 saturated heterocycles. The van der Waals surface area contributed by atoms with Crippen LogP contribution in [0.3, 0.4) is 0 Å². The predicted octanol–water partition coefficient (Wildman–Crippen LogP) is 2.40. The first kappa shape index (κ1) is 25.5. The number of hydrogen-bond donors (Lipinski definition) is 0. The second-order valence-corrected chi connectivity index (χ2v) is 9.30. The number of nitrogens with zero attached hydrogens (tertiary/aromatic N) is 4. The Morgan fingerprint density at radius 3 is 2.41 bits per heavy atom. The molecule has 2 aromatic rings. The molecule has 0 unspecified atom stereocenters. The number of methoxy groups -OCH3 is 1. The van der Waals surface area contributed by atoms with E-state index < -0.39 is 14.9 Å². The lowest BCUT2D eigenvalue weighted by Crippen LogP contribution is -2.44. The van der Waals surface area contributed by atoms with Crippen molar-refractivity contribution in [1.29, 1.82) is 0 Å². The van der Waals surface area contributed by atoms with E-state index in [1.54, 1.807) is 4.90 Å². The van der Waals surface area contributed by atoms with E-state index in [0.29, 0.717) is 26.1 Å². The van der Waals surface area contributed by atoms with Crippen molar-refractivity contribution >= 4 is 21.6 Å². The molecule has 1 amide bonds. The average molecular weight is 467 g/mol. The smallest absolute Gasteiger partial charge is 0.269 e. The molecule has 2 rings (SSSR count). The van der Waals surface area contributed by atoms with Crippen LogP contribution >= 0.6 is 0 Å². The number of aryl methyl sites for hydroxylation is 1. The summed E-state index contributed by atoms with van der Waals surface area (Å²) in [5.74, 6) is -0.343. The number of rotatable bonds is 13. The average Bonchev–Trinajstić information content (AvgIpc) is 3.18. The summed E-state index contributed by atoms with van der Waals surface area (Å²) >= 11 is 0. The highest BCUT2D eigenvalue weighted by Crippen LogP contribution is 2.20. The van der Waals surface area contributed by atoms with Gasteiger partial charge in [-0.1, -0.05) is 13.3 Å². The van der Waals surface area contributed by atoms with E-state index in [1.807, 2.05) is 36.9 Å². The van der Waals surface area contributed by atoms with Crippen LogP contribution in [0.4, 0.5) is 5.69 Å². The Hall–Kier alpha value is -2.76. The molecule has 11 heteroatoms. The number of amides is 1. The van der Waals surface area contributed by atoms with Crippen molar-refractivity contribution in [2.75, 3.05) is 33.4 Å². The third-order valence-electron chi connectivity index (χ3n) is 5.08. The number of nitro groups is 1. The van der Waals surface area contributed by atoms with Crippen LogP contribution < -0.4 is 0 Å². The van der Waals surface area contributed by atoms with E-state index in [0.717, 1.165) is 28.6 Å². The van der Waals surface area contributed by atoms with Gasteiger partial charge in [-0.2, -0.15) is 4.31 Å². The van der Waals surface area contributed by atoms with Gasteiger partial charge in [-0.3, -0.25) is 14.9 Å². The molecule has 1 aromatic heterocycles. The number of non-ortho nitro benzene ring substituents is 1. The molecule has 1 heterocycles. The first-order chi connectivity index (χ1) is 15.2. The third kappa shape index (κ3) is 6.62. The van der Waals surface area contributed by atoms with Crippen LogP contribution in [-0.2, 0) is 33.1 Å². The molecule has 0 N–H and O–H groups in total. The second-order valence-electron chi connectivity index (χ2n) is 7.36. The third-order valence-corrected chi connectivity index (χ3v) is 6.94.